The van der Waals surface area contributed by atoms with Crippen LogP contribution in [-0.2, 0) is 9.59 Å². The lowest BCUT2D eigenvalue weighted by molar-refractivity contribution is -0.125. The molecular weight excluding hydrogens is 403 g/mol. The Morgan fingerprint density at radius 3 is 2.43 bits per heavy atom. The van der Waals surface area contributed by atoms with Crippen molar-refractivity contribution in [2.45, 2.75) is 0 Å². The van der Waals surface area contributed by atoms with Gasteiger partial charge in [-0.25, -0.2) is 13.2 Å². The third kappa shape index (κ3) is 5.36. The molecule has 11 heteroatoms. The number of hydrogen-bond acceptors (Lipinski definition) is 4. The highest BCUT2D eigenvalue weighted by Gasteiger charge is 2.16. The van der Waals surface area contributed by atoms with Gasteiger partial charge in [-0.05, 0) is 30.3 Å². The number of benzene rings is 2. The van der Waals surface area contributed by atoms with Crippen molar-refractivity contribution in [2.24, 2.45) is 5.73 Å². The van der Waals surface area contributed by atoms with Crippen LogP contribution < -0.4 is 21.1 Å². The van der Waals surface area contributed by atoms with Crippen molar-refractivity contribution in [3.05, 3.63) is 58.4 Å². The van der Waals surface area contributed by atoms with E-state index in [4.69, 9.17) is 22.1 Å². The van der Waals surface area contributed by atoms with Crippen LogP contribution in [0.5, 0.6) is 5.75 Å². The highest BCUT2D eigenvalue weighted by atomic mass is 35.5. The fourth-order valence-electron chi connectivity index (χ4n) is 2.01. The molecule has 2 aromatic rings. The van der Waals surface area contributed by atoms with Crippen LogP contribution in [0.25, 0.3) is 0 Å². The van der Waals surface area contributed by atoms with Crippen LogP contribution in [0, 0.1) is 17.5 Å². The van der Waals surface area contributed by atoms with Crippen molar-refractivity contribution in [2.75, 3.05) is 18.5 Å². The summed E-state index contributed by atoms with van der Waals surface area (Å²) in [6, 6.07) is 5.51. The minimum atomic E-state index is -1.73. The Morgan fingerprint density at radius 1 is 1.04 bits per heavy atom. The monoisotopic (exact) mass is 415 g/mol. The van der Waals surface area contributed by atoms with Gasteiger partial charge in [0.1, 0.15) is 5.75 Å². The number of halogens is 4. The van der Waals surface area contributed by atoms with Crippen molar-refractivity contribution in [1.29, 1.82) is 0 Å². The first kappa shape index (κ1) is 21.0. The largest absolute Gasteiger partial charge is 0.483 e. The average molecular weight is 416 g/mol. The van der Waals surface area contributed by atoms with Gasteiger partial charge in [-0.1, -0.05) is 11.6 Å². The molecule has 3 amide bonds. The van der Waals surface area contributed by atoms with Crippen LogP contribution >= 0.6 is 11.6 Å². The summed E-state index contributed by atoms with van der Waals surface area (Å²) in [6.07, 6.45) is 0. The number of carbonyl (C=O) groups excluding carboxylic acids is 3. The molecule has 0 aromatic heterocycles. The number of amides is 3. The quantitative estimate of drug-likeness (QED) is 0.600. The van der Waals surface area contributed by atoms with Crippen LogP contribution in [0.2, 0.25) is 5.02 Å². The van der Waals surface area contributed by atoms with Crippen molar-refractivity contribution in [3.8, 4) is 5.75 Å². The van der Waals surface area contributed by atoms with Gasteiger partial charge in [0.2, 0.25) is 5.91 Å². The second-order valence-corrected chi connectivity index (χ2v) is 5.78. The number of nitrogens with one attached hydrogen (secondary N) is 2. The normalized spacial score (nSPS) is 10.3. The van der Waals surface area contributed by atoms with Crippen LogP contribution in [-0.4, -0.2) is 30.9 Å². The van der Waals surface area contributed by atoms with E-state index in [1.54, 1.807) is 0 Å². The Bertz CT molecular complexity index is 940. The van der Waals surface area contributed by atoms with Crippen molar-refractivity contribution in [3.63, 3.8) is 0 Å². The average Bonchev–Trinajstić information content (AvgIpc) is 2.65. The van der Waals surface area contributed by atoms with Gasteiger partial charge >= 0.3 is 0 Å². The Hall–Kier alpha value is -3.27. The van der Waals surface area contributed by atoms with E-state index in [1.165, 1.54) is 18.2 Å². The molecule has 0 heterocycles. The molecule has 0 unspecified atom stereocenters. The Balaban J connectivity index is 1.87. The second kappa shape index (κ2) is 9.09. The number of primary amides is 1. The minimum absolute atomic E-state index is 0.0142. The Labute approximate surface area is 161 Å². The molecule has 7 nitrogen and oxygen atoms in total. The van der Waals surface area contributed by atoms with Crippen LogP contribution in [0.4, 0.5) is 18.9 Å². The fraction of sp³-hybridized carbons (Fsp3) is 0.118. The first-order valence-corrected chi connectivity index (χ1v) is 7.99. The molecule has 0 radical (unpaired) electrons. The van der Waals surface area contributed by atoms with E-state index in [0.29, 0.717) is 6.07 Å². The minimum Gasteiger partial charge on any atom is -0.483 e. The SMILES string of the molecule is NC(=O)c1cc(Cl)ccc1OCC(=O)NCC(=O)Nc1ccc(F)c(F)c1F. The zero-order valence-corrected chi connectivity index (χ0v) is 14.8. The van der Waals surface area contributed by atoms with Gasteiger partial charge in [-0.2, -0.15) is 0 Å². The smallest absolute Gasteiger partial charge is 0.258 e. The summed E-state index contributed by atoms with van der Waals surface area (Å²) in [7, 11) is 0. The van der Waals surface area contributed by atoms with E-state index in [9.17, 15) is 27.6 Å². The van der Waals surface area contributed by atoms with Gasteiger partial charge in [-0.3, -0.25) is 14.4 Å². The van der Waals surface area contributed by atoms with E-state index in [-0.39, 0.29) is 16.3 Å². The van der Waals surface area contributed by atoms with Gasteiger partial charge in [0.15, 0.2) is 24.1 Å². The van der Waals surface area contributed by atoms with Gasteiger partial charge in [0.25, 0.3) is 11.8 Å². The Kier molecular flexibility index (Phi) is 6.83. The lowest BCUT2D eigenvalue weighted by Gasteiger charge is -2.11. The molecule has 0 atom stereocenters. The maximum Gasteiger partial charge on any atom is 0.258 e. The number of anilines is 1. The molecule has 148 valence electrons. The van der Waals surface area contributed by atoms with Crippen LogP contribution in [0.3, 0.4) is 0 Å². The molecule has 0 aliphatic carbocycles. The maximum absolute atomic E-state index is 13.5. The summed E-state index contributed by atoms with van der Waals surface area (Å²) >= 11 is 5.75. The molecule has 0 aliphatic rings. The summed E-state index contributed by atoms with van der Waals surface area (Å²) in [6.45, 7) is -1.15. The fourth-order valence-corrected chi connectivity index (χ4v) is 2.18. The van der Waals surface area contributed by atoms with Crippen LogP contribution in [0.1, 0.15) is 10.4 Å². The first-order valence-electron chi connectivity index (χ1n) is 7.61. The third-order valence-electron chi connectivity index (χ3n) is 3.32. The molecule has 28 heavy (non-hydrogen) atoms. The van der Waals surface area contributed by atoms with Crippen LogP contribution in [0.15, 0.2) is 30.3 Å². The molecule has 2 aromatic carbocycles. The van der Waals surface area contributed by atoms with Gasteiger partial charge < -0.3 is 21.1 Å². The Morgan fingerprint density at radius 2 is 1.75 bits per heavy atom. The number of hydrogen-bond donors (Lipinski definition) is 3. The second-order valence-electron chi connectivity index (χ2n) is 5.34. The lowest BCUT2D eigenvalue weighted by atomic mass is 10.2. The zero-order valence-electron chi connectivity index (χ0n) is 14.0. The molecule has 0 bridgehead atoms. The molecule has 0 saturated carbocycles. The highest BCUT2D eigenvalue weighted by molar-refractivity contribution is 6.31. The lowest BCUT2D eigenvalue weighted by Crippen LogP contribution is -2.36. The van der Waals surface area contributed by atoms with E-state index in [0.717, 1.165) is 6.07 Å². The third-order valence-corrected chi connectivity index (χ3v) is 3.56. The molecular formula is C17H13ClF3N3O4. The molecule has 0 fully saturated rings. The summed E-state index contributed by atoms with van der Waals surface area (Å²) < 4.78 is 44.6. The number of ether oxygens (including phenoxy) is 1. The molecule has 2 rings (SSSR count). The molecule has 0 saturated heterocycles. The van der Waals surface area contributed by atoms with Gasteiger partial charge in [0.05, 0.1) is 17.8 Å². The summed E-state index contributed by atoms with van der Waals surface area (Å²) in [5, 5.41) is 4.40. The van der Waals surface area contributed by atoms with E-state index in [2.05, 4.69) is 5.32 Å². The predicted molar refractivity (Wildman–Crippen MR) is 93.4 cm³/mol. The number of nitrogens with two attached hydrogens (primary N) is 1. The highest BCUT2D eigenvalue weighted by Crippen LogP contribution is 2.22. The number of carbonyl (C=O) groups is 3. The molecule has 4 N–H and O–H groups in total. The van der Waals surface area contributed by atoms with Gasteiger partial charge in [-0.15, -0.1) is 0 Å². The molecule has 0 spiro atoms. The van der Waals surface area contributed by atoms with E-state index < -0.39 is 54.0 Å². The maximum atomic E-state index is 13.5. The van der Waals surface area contributed by atoms with Gasteiger partial charge in [0, 0.05) is 5.02 Å². The van der Waals surface area contributed by atoms with Crippen molar-refractivity contribution < 1.29 is 32.3 Å². The summed E-state index contributed by atoms with van der Waals surface area (Å²) in [4.78, 5) is 34.8. The topological polar surface area (TPSA) is 111 Å². The predicted octanol–water partition coefficient (Wildman–Crippen LogP) is 1.99. The first-order chi connectivity index (χ1) is 13.2. The summed E-state index contributed by atoms with van der Waals surface area (Å²) in [5.41, 5.74) is 4.56. The van der Waals surface area contributed by atoms with Crippen molar-refractivity contribution >= 4 is 35.0 Å². The van der Waals surface area contributed by atoms with Crippen molar-refractivity contribution in [1.82, 2.24) is 5.32 Å². The van der Waals surface area contributed by atoms with E-state index in [1.807, 2.05) is 5.32 Å². The molecule has 0 aliphatic heterocycles. The van der Waals surface area contributed by atoms with E-state index >= 15 is 0 Å². The summed E-state index contributed by atoms with van der Waals surface area (Å²) in [5.74, 6) is -7.13. The zero-order chi connectivity index (χ0) is 20.8. The number of rotatable bonds is 7. The standard InChI is InChI=1S/C17H13ClF3N3O4/c18-8-1-4-12(9(5-8)17(22)27)28-7-14(26)23-6-13(25)24-11-3-2-10(19)15(20)16(11)21/h1-5H,6-7H2,(H2,22,27)(H,23,26)(H,24,25).